The molecule has 1 aliphatic rings. The Morgan fingerprint density at radius 2 is 2.25 bits per heavy atom. The maximum atomic E-state index is 10.9. The predicted octanol–water partition coefficient (Wildman–Crippen LogP) is -0.781. The second-order valence-electron chi connectivity index (χ2n) is 2.83. The van der Waals surface area contributed by atoms with Crippen molar-refractivity contribution in [3.8, 4) is 0 Å². The van der Waals surface area contributed by atoms with Gasteiger partial charge in [0.1, 0.15) is 0 Å². The first-order valence-electron chi connectivity index (χ1n) is 3.64. The quantitative estimate of drug-likeness (QED) is 0.586. The van der Waals surface area contributed by atoms with Crippen LogP contribution in [-0.2, 0) is 14.6 Å². The summed E-state index contributed by atoms with van der Waals surface area (Å²) in [6, 6.07) is -0.199. The molecule has 1 saturated heterocycles. The van der Waals surface area contributed by atoms with Crippen LogP contribution in [0.1, 0.15) is 6.42 Å². The van der Waals surface area contributed by atoms with Crippen molar-refractivity contribution in [3.05, 3.63) is 0 Å². The van der Waals surface area contributed by atoms with Crippen LogP contribution in [0, 0.1) is 0 Å². The molecular formula is C6H11NO3S2. The van der Waals surface area contributed by atoms with Crippen LogP contribution in [0.2, 0.25) is 0 Å². The van der Waals surface area contributed by atoms with Crippen LogP contribution in [-0.4, -0.2) is 37.6 Å². The van der Waals surface area contributed by atoms with Crippen molar-refractivity contribution in [1.29, 1.82) is 0 Å². The summed E-state index contributed by atoms with van der Waals surface area (Å²) in [5, 5.41) is 2.59. The highest BCUT2D eigenvalue weighted by atomic mass is 32.2. The topological polar surface area (TPSA) is 63.2 Å². The smallest absolute Gasteiger partial charge is 0.229 e. The van der Waals surface area contributed by atoms with Gasteiger partial charge in [0.2, 0.25) is 5.91 Å². The number of nitrogens with one attached hydrogen (secondary N) is 1. The zero-order valence-electron chi connectivity index (χ0n) is 6.49. The summed E-state index contributed by atoms with van der Waals surface area (Å²) in [5.74, 6) is 0.161. The van der Waals surface area contributed by atoms with Gasteiger partial charge in [0.25, 0.3) is 0 Å². The fourth-order valence-electron chi connectivity index (χ4n) is 1.18. The van der Waals surface area contributed by atoms with Crippen LogP contribution >= 0.6 is 12.6 Å². The Balaban J connectivity index is 2.43. The summed E-state index contributed by atoms with van der Waals surface area (Å²) in [6.07, 6.45) is 0.530. The van der Waals surface area contributed by atoms with E-state index in [1.807, 2.05) is 0 Å². The molecule has 1 heterocycles. The minimum Gasteiger partial charge on any atom is -0.352 e. The summed E-state index contributed by atoms with van der Waals surface area (Å²) in [6.45, 7) is 0. The van der Waals surface area contributed by atoms with E-state index in [2.05, 4.69) is 17.9 Å². The van der Waals surface area contributed by atoms with Crippen molar-refractivity contribution in [3.63, 3.8) is 0 Å². The van der Waals surface area contributed by atoms with Gasteiger partial charge >= 0.3 is 0 Å². The van der Waals surface area contributed by atoms with Gasteiger partial charge in [-0.15, -0.1) is 0 Å². The minimum atomic E-state index is -2.89. The average Bonchev–Trinajstić information content (AvgIpc) is 2.30. The Kier molecular flexibility index (Phi) is 3.00. The van der Waals surface area contributed by atoms with Crippen LogP contribution < -0.4 is 5.32 Å². The van der Waals surface area contributed by atoms with Crippen LogP contribution in [0.3, 0.4) is 0 Å². The van der Waals surface area contributed by atoms with Gasteiger partial charge in [-0.2, -0.15) is 12.6 Å². The van der Waals surface area contributed by atoms with Crippen LogP contribution in [0.15, 0.2) is 0 Å². The van der Waals surface area contributed by atoms with E-state index in [0.29, 0.717) is 6.42 Å². The normalized spacial score (nSPS) is 26.9. The van der Waals surface area contributed by atoms with E-state index in [-0.39, 0.29) is 29.2 Å². The first-order valence-corrected chi connectivity index (χ1v) is 6.09. The molecule has 0 aliphatic carbocycles. The van der Waals surface area contributed by atoms with Crippen molar-refractivity contribution in [2.24, 2.45) is 0 Å². The molecule has 12 heavy (non-hydrogen) atoms. The number of hydrogen-bond donors (Lipinski definition) is 2. The molecule has 0 radical (unpaired) electrons. The average molecular weight is 209 g/mol. The van der Waals surface area contributed by atoms with Gasteiger partial charge in [0, 0.05) is 6.04 Å². The fourth-order valence-corrected chi connectivity index (χ4v) is 2.95. The van der Waals surface area contributed by atoms with Crippen LogP contribution in [0.4, 0.5) is 0 Å². The number of thiol groups is 1. The van der Waals surface area contributed by atoms with Gasteiger partial charge in [-0.25, -0.2) is 8.42 Å². The highest BCUT2D eigenvalue weighted by molar-refractivity contribution is 7.91. The van der Waals surface area contributed by atoms with Crippen LogP contribution in [0.5, 0.6) is 0 Å². The molecule has 70 valence electrons. The van der Waals surface area contributed by atoms with Crippen molar-refractivity contribution < 1.29 is 13.2 Å². The molecule has 1 unspecified atom stereocenters. The van der Waals surface area contributed by atoms with Gasteiger partial charge in [-0.3, -0.25) is 4.79 Å². The number of sulfone groups is 1. The van der Waals surface area contributed by atoms with Crippen LogP contribution in [0.25, 0.3) is 0 Å². The second kappa shape index (κ2) is 3.66. The molecule has 6 heteroatoms. The van der Waals surface area contributed by atoms with E-state index >= 15 is 0 Å². The van der Waals surface area contributed by atoms with Gasteiger partial charge in [-0.1, -0.05) is 0 Å². The van der Waals surface area contributed by atoms with E-state index in [4.69, 9.17) is 0 Å². The first-order chi connectivity index (χ1) is 5.53. The Labute approximate surface area is 77.0 Å². The molecule has 1 fully saturated rings. The minimum absolute atomic E-state index is 0.0759. The Hall–Kier alpha value is -0.230. The summed E-state index contributed by atoms with van der Waals surface area (Å²) in [5.41, 5.74) is 0. The van der Waals surface area contributed by atoms with E-state index in [0.717, 1.165) is 0 Å². The molecule has 0 aromatic carbocycles. The molecular weight excluding hydrogens is 198 g/mol. The zero-order valence-corrected chi connectivity index (χ0v) is 8.20. The van der Waals surface area contributed by atoms with Gasteiger partial charge in [0.15, 0.2) is 9.84 Å². The lowest BCUT2D eigenvalue weighted by Crippen LogP contribution is -2.36. The number of carbonyl (C=O) groups excluding carboxylic acids is 1. The lowest BCUT2D eigenvalue weighted by molar-refractivity contribution is -0.119. The molecule has 1 N–H and O–H groups in total. The standard InChI is InChI=1S/C6H11NO3S2/c8-6(3-11)7-5-1-2-12(9,10)4-5/h5,11H,1-4H2,(H,7,8). The molecule has 0 aromatic heterocycles. The molecule has 0 aromatic rings. The van der Waals surface area contributed by atoms with Crippen molar-refractivity contribution in [1.82, 2.24) is 5.32 Å². The molecule has 4 nitrogen and oxygen atoms in total. The molecule has 1 atom stereocenters. The van der Waals surface area contributed by atoms with E-state index in [1.54, 1.807) is 0 Å². The number of rotatable bonds is 2. The third-order valence-corrected chi connectivity index (χ3v) is 3.80. The Morgan fingerprint density at radius 1 is 1.58 bits per heavy atom. The SMILES string of the molecule is O=C(CS)NC1CCS(=O)(=O)C1. The maximum absolute atomic E-state index is 10.9. The van der Waals surface area contributed by atoms with Crippen molar-refractivity contribution in [2.45, 2.75) is 12.5 Å². The highest BCUT2D eigenvalue weighted by Crippen LogP contribution is 2.10. The van der Waals surface area contributed by atoms with Gasteiger partial charge in [-0.05, 0) is 6.42 Å². The van der Waals surface area contributed by atoms with Crippen molar-refractivity contribution >= 4 is 28.4 Å². The highest BCUT2D eigenvalue weighted by Gasteiger charge is 2.28. The third-order valence-electron chi connectivity index (χ3n) is 1.74. The molecule has 0 spiro atoms. The number of carbonyl (C=O) groups is 1. The first kappa shape index (κ1) is 9.85. The third kappa shape index (κ3) is 2.67. The van der Waals surface area contributed by atoms with Gasteiger partial charge in [0.05, 0.1) is 17.3 Å². The second-order valence-corrected chi connectivity index (χ2v) is 5.37. The maximum Gasteiger partial charge on any atom is 0.229 e. The molecule has 1 amide bonds. The summed E-state index contributed by atoms with van der Waals surface area (Å²) < 4.78 is 21.9. The summed E-state index contributed by atoms with van der Waals surface area (Å²) in [4.78, 5) is 10.8. The molecule has 1 aliphatic heterocycles. The Bertz CT molecular complexity index is 273. The number of hydrogen-bond acceptors (Lipinski definition) is 4. The summed E-state index contributed by atoms with van der Waals surface area (Å²) in [7, 11) is -2.89. The molecule has 0 bridgehead atoms. The largest absolute Gasteiger partial charge is 0.352 e. The Morgan fingerprint density at radius 3 is 2.67 bits per heavy atom. The lowest BCUT2D eigenvalue weighted by atomic mass is 10.3. The lowest BCUT2D eigenvalue weighted by Gasteiger charge is -2.08. The van der Waals surface area contributed by atoms with Gasteiger partial charge < -0.3 is 5.32 Å². The van der Waals surface area contributed by atoms with E-state index < -0.39 is 9.84 Å². The van der Waals surface area contributed by atoms with Crippen molar-refractivity contribution in [2.75, 3.05) is 17.3 Å². The fraction of sp³-hybridized carbons (Fsp3) is 0.833. The summed E-state index contributed by atoms with van der Waals surface area (Å²) >= 11 is 3.77. The monoisotopic (exact) mass is 209 g/mol. The predicted molar refractivity (Wildman–Crippen MR) is 49.1 cm³/mol. The van der Waals surface area contributed by atoms with E-state index in [1.165, 1.54) is 0 Å². The number of amides is 1. The van der Waals surface area contributed by atoms with E-state index in [9.17, 15) is 13.2 Å². The molecule has 0 saturated carbocycles. The molecule has 1 rings (SSSR count). The zero-order chi connectivity index (χ0) is 9.19.